The molecule has 0 spiro atoms. The first-order valence-corrected chi connectivity index (χ1v) is 7.10. The Morgan fingerprint density at radius 1 is 1.30 bits per heavy atom. The molecule has 1 aromatic rings. The van der Waals surface area contributed by atoms with Crippen LogP contribution >= 0.6 is 0 Å². The summed E-state index contributed by atoms with van der Waals surface area (Å²) >= 11 is 0. The highest BCUT2D eigenvalue weighted by atomic mass is 16.1. The van der Waals surface area contributed by atoms with Crippen molar-refractivity contribution < 1.29 is 4.79 Å². The minimum atomic E-state index is -0.252. The predicted molar refractivity (Wildman–Crippen MR) is 79.9 cm³/mol. The van der Waals surface area contributed by atoms with Crippen LogP contribution in [0, 0.1) is 25.2 Å². The molecule has 0 radical (unpaired) electrons. The van der Waals surface area contributed by atoms with Gasteiger partial charge in [-0.15, -0.1) is 0 Å². The van der Waals surface area contributed by atoms with Crippen LogP contribution in [0.4, 0.5) is 0 Å². The van der Waals surface area contributed by atoms with Crippen LogP contribution in [-0.4, -0.2) is 11.9 Å². The van der Waals surface area contributed by atoms with Crippen LogP contribution < -0.4 is 5.32 Å². The lowest BCUT2D eigenvalue weighted by Gasteiger charge is -2.11. The molecular formula is C17H20N2O. The number of nitrogens with zero attached hydrogens (tertiary/aromatic N) is 1. The Morgan fingerprint density at radius 3 is 2.60 bits per heavy atom. The van der Waals surface area contributed by atoms with Gasteiger partial charge in [0, 0.05) is 6.04 Å². The van der Waals surface area contributed by atoms with Crippen molar-refractivity contribution in [3.8, 4) is 6.07 Å². The highest BCUT2D eigenvalue weighted by molar-refractivity contribution is 6.01. The van der Waals surface area contributed by atoms with E-state index in [0.29, 0.717) is 0 Å². The zero-order valence-electron chi connectivity index (χ0n) is 12.1. The van der Waals surface area contributed by atoms with Gasteiger partial charge < -0.3 is 5.32 Å². The first-order valence-electron chi connectivity index (χ1n) is 7.10. The fraction of sp³-hybridized carbons (Fsp3) is 0.412. The summed E-state index contributed by atoms with van der Waals surface area (Å²) in [7, 11) is 0. The lowest BCUT2D eigenvalue weighted by molar-refractivity contribution is -0.117. The van der Waals surface area contributed by atoms with Gasteiger partial charge in [0.15, 0.2) is 0 Å². The Hall–Kier alpha value is -2.08. The van der Waals surface area contributed by atoms with E-state index in [4.69, 9.17) is 0 Å². The van der Waals surface area contributed by atoms with E-state index in [1.165, 1.54) is 5.56 Å². The van der Waals surface area contributed by atoms with Crippen molar-refractivity contribution in [2.24, 2.45) is 0 Å². The van der Waals surface area contributed by atoms with Gasteiger partial charge >= 0.3 is 0 Å². The van der Waals surface area contributed by atoms with Gasteiger partial charge in [-0.1, -0.05) is 31.0 Å². The summed E-state index contributed by atoms with van der Waals surface area (Å²) in [5.74, 6) is -0.252. The Labute approximate surface area is 120 Å². The molecule has 0 atom stereocenters. The van der Waals surface area contributed by atoms with E-state index in [-0.39, 0.29) is 17.5 Å². The van der Waals surface area contributed by atoms with Crippen molar-refractivity contribution in [3.63, 3.8) is 0 Å². The van der Waals surface area contributed by atoms with Crippen molar-refractivity contribution in [1.82, 2.24) is 5.32 Å². The molecule has 0 aromatic heterocycles. The van der Waals surface area contributed by atoms with Gasteiger partial charge in [-0.05, 0) is 49.5 Å². The highest BCUT2D eigenvalue weighted by Crippen LogP contribution is 2.18. The van der Waals surface area contributed by atoms with E-state index >= 15 is 0 Å². The summed E-state index contributed by atoms with van der Waals surface area (Å²) in [6.07, 6.45) is 6.03. The summed E-state index contributed by atoms with van der Waals surface area (Å²) in [6.45, 7) is 4.07. The third kappa shape index (κ3) is 3.48. The summed E-state index contributed by atoms with van der Waals surface area (Å²) in [4.78, 5) is 12.1. The average Bonchev–Trinajstić information content (AvgIpc) is 2.92. The third-order valence-corrected chi connectivity index (χ3v) is 3.90. The molecule has 3 nitrogen and oxygen atoms in total. The molecule has 1 aliphatic rings. The SMILES string of the molecule is Cc1ccc(C=C(C#N)C(=O)NC2CCCC2)cc1C. The second-order valence-corrected chi connectivity index (χ2v) is 5.47. The first kappa shape index (κ1) is 14.3. The smallest absolute Gasteiger partial charge is 0.262 e. The van der Waals surface area contributed by atoms with Gasteiger partial charge in [-0.2, -0.15) is 5.26 Å². The molecule has 104 valence electrons. The summed E-state index contributed by atoms with van der Waals surface area (Å²) in [6, 6.07) is 8.18. The Kier molecular flexibility index (Phi) is 4.57. The van der Waals surface area contributed by atoms with E-state index in [2.05, 4.69) is 5.32 Å². The maximum Gasteiger partial charge on any atom is 0.262 e. The number of carbonyl (C=O) groups is 1. The van der Waals surface area contributed by atoms with Gasteiger partial charge in [0.25, 0.3) is 5.91 Å². The van der Waals surface area contributed by atoms with E-state index in [0.717, 1.165) is 36.8 Å². The maximum atomic E-state index is 12.1. The Bertz CT molecular complexity index is 575. The summed E-state index contributed by atoms with van der Waals surface area (Å²) in [5, 5.41) is 12.1. The molecular weight excluding hydrogens is 248 g/mol. The van der Waals surface area contributed by atoms with E-state index in [1.54, 1.807) is 6.08 Å². The van der Waals surface area contributed by atoms with Gasteiger partial charge in [-0.3, -0.25) is 4.79 Å². The van der Waals surface area contributed by atoms with Crippen LogP contribution in [0.3, 0.4) is 0 Å². The van der Waals surface area contributed by atoms with Crippen molar-refractivity contribution in [2.45, 2.75) is 45.6 Å². The second-order valence-electron chi connectivity index (χ2n) is 5.47. The molecule has 0 heterocycles. The van der Waals surface area contributed by atoms with Crippen molar-refractivity contribution >= 4 is 12.0 Å². The minimum Gasteiger partial charge on any atom is -0.349 e. The molecule has 1 aliphatic carbocycles. The molecule has 3 heteroatoms. The Balaban J connectivity index is 2.13. The van der Waals surface area contributed by atoms with Crippen LogP contribution in [-0.2, 0) is 4.79 Å². The lowest BCUT2D eigenvalue weighted by atomic mass is 10.0. The molecule has 1 amide bonds. The molecule has 1 saturated carbocycles. The quantitative estimate of drug-likeness (QED) is 0.675. The highest BCUT2D eigenvalue weighted by Gasteiger charge is 2.19. The standard InChI is InChI=1S/C17H20N2O/c1-12-7-8-14(9-13(12)2)10-15(11-18)17(20)19-16-5-3-4-6-16/h7-10,16H,3-6H2,1-2H3,(H,19,20). The molecule has 0 saturated heterocycles. The van der Waals surface area contributed by atoms with Gasteiger partial charge in [-0.25, -0.2) is 0 Å². The topological polar surface area (TPSA) is 52.9 Å². The van der Waals surface area contributed by atoms with Crippen LogP contribution in [0.15, 0.2) is 23.8 Å². The van der Waals surface area contributed by atoms with Crippen LogP contribution in [0.25, 0.3) is 6.08 Å². The van der Waals surface area contributed by atoms with E-state index in [9.17, 15) is 10.1 Å². The summed E-state index contributed by atoms with van der Waals surface area (Å²) < 4.78 is 0. The number of benzene rings is 1. The van der Waals surface area contributed by atoms with Crippen molar-refractivity contribution in [3.05, 3.63) is 40.5 Å². The predicted octanol–water partition coefficient (Wildman–Crippen LogP) is 3.27. The molecule has 1 N–H and O–H groups in total. The third-order valence-electron chi connectivity index (χ3n) is 3.90. The summed E-state index contributed by atoms with van der Waals surface area (Å²) in [5.41, 5.74) is 3.44. The molecule has 0 unspecified atom stereocenters. The minimum absolute atomic E-state index is 0.181. The number of hydrogen-bond acceptors (Lipinski definition) is 2. The molecule has 20 heavy (non-hydrogen) atoms. The van der Waals surface area contributed by atoms with E-state index < -0.39 is 0 Å². The van der Waals surface area contributed by atoms with Gasteiger partial charge in [0.2, 0.25) is 0 Å². The number of nitriles is 1. The van der Waals surface area contributed by atoms with Crippen molar-refractivity contribution in [2.75, 3.05) is 0 Å². The van der Waals surface area contributed by atoms with Crippen LogP contribution in [0.2, 0.25) is 0 Å². The molecule has 0 bridgehead atoms. The van der Waals surface area contributed by atoms with Crippen molar-refractivity contribution in [1.29, 1.82) is 5.26 Å². The van der Waals surface area contributed by atoms with Gasteiger partial charge in [0.05, 0.1) is 0 Å². The molecule has 0 aliphatic heterocycles. The number of aryl methyl sites for hydroxylation is 2. The largest absolute Gasteiger partial charge is 0.349 e. The number of nitrogens with one attached hydrogen (secondary N) is 1. The van der Waals surface area contributed by atoms with E-state index in [1.807, 2.05) is 38.1 Å². The monoisotopic (exact) mass is 268 g/mol. The number of amides is 1. The fourth-order valence-electron chi connectivity index (χ4n) is 2.50. The van der Waals surface area contributed by atoms with Crippen LogP contribution in [0.5, 0.6) is 0 Å². The fourth-order valence-corrected chi connectivity index (χ4v) is 2.50. The molecule has 1 aromatic carbocycles. The maximum absolute atomic E-state index is 12.1. The molecule has 1 fully saturated rings. The number of carbonyl (C=O) groups excluding carboxylic acids is 1. The van der Waals surface area contributed by atoms with Crippen LogP contribution in [0.1, 0.15) is 42.4 Å². The lowest BCUT2D eigenvalue weighted by Crippen LogP contribution is -2.33. The zero-order valence-corrected chi connectivity index (χ0v) is 12.1. The first-order chi connectivity index (χ1) is 9.60. The molecule has 2 rings (SSSR count). The van der Waals surface area contributed by atoms with Gasteiger partial charge in [0.1, 0.15) is 11.6 Å². The Morgan fingerprint density at radius 2 is 2.00 bits per heavy atom. The second kappa shape index (κ2) is 6.38. The average molecular weight is 268 g/mol. The zero-order chi connectivity index (χ0) is 14.5. The number of rotatable bonds is 3. The normalized spacial score (nSPS) is 15.9. The number of hydrogen-bond donors (Lipinski definition) is 1.